The number of rotatable bonds is 3. The molecule has 0 aromatic carbocycles. The van der Waals surface area contributed by atoms with Crippen LogP contribution in [-0.4, -0.2) is 9.97 Å². The van der Waals surface area contributed by atoms with Crippen LogP contribution in [-0.2, 0) is 5.88 Å². The van der Waals surface area contributed by atoms with Crippen molar-refractivity contribution in [2.24, 2.45) is 0 Å². The largest absolute Gasteiger partial charge is 0.316 e. The quantitative estimate of drug-likeness (QED) is 0.865. The van der Waals surface area contributed by atoms with Gasteiger partial charge in [0.2, 0.25) is 0 Å². The van der Waals surface area contributed by atoms with Gasteiger partial charge in [0.05, 0.1) is 6.20 Å². The van der Waals surface area contributed by atoms with Gasteiger partial charge in [0.1, 0.15) is 16.8 Å². The molecule has 4 nitrogen and oxygen atoms in total. The van der Waals surface area contributed by atoms with Gasteiger partial charge in [0, 0.05) is 12.1 Å². The Kier molecular flexibility index (Phi) is 3.57. The van der Waals surface area contributed by atoms with Crippen LogP contribution in [0.15, 0.2) is 18.5 Å². The zero-order chi connectivity index (χ0) is 12.3. The van der Waals surface area contributed by atoms with Crippen LogP contribution in [0.4, 0.5) is 10.9 Å². The molecule has 2 aromatic rings. The van der Waals surface area contributed by atoms with Gasteiger partial charge < -0.3 is 5.32 Å². The first-order valence-corrected chi connectivity index (χ1v) is 6.23. The third-order valence-corrected chi connectivity index (χ3v) is 3.41. The van der Waals surface area contributed by atoms with Crippen molar-refractivity contribution in [3.05, 3.63) is 34.5 Å². The van der Waals surface area contributed by atoms with E-state index in [0.717, 1.165) is 16.9 Å². The van der Waals surface area contributed by atoms with Gasteiger partial charge in [0.15, 0.2) is 5.13 Å². The fraction of sp³-hybridized carbons (Fsp3) is 0.182. The first-order valence-electron chi connectivity index (χ1n) is 4.88. The molecule has 1 N–H and O–H groups in total. The molecule has 17 heavy (non-hydrogen) atoms. The molecule has 2 heterocycles. The van der Waals surface area contributed by atoms with Crippen LogP contribution >= 0.6 is 22.9 Å². The molecule has 0 saturated carbocycles. The predicted octanol–water partition coefficient (Wildman–Crippen LogP) is 3.20. The molecule has 6 heteroatoms. The van der Waals surface area contributed by atoms with Crippen molar-refractivity contribution in [3.8, 4) is 6.07 Å². The minimum absolute atomic E-state index is 0.449. The molecular formula is C11H9ClN4S. The Morgan fingerprint density at radius 3 is 3.00 bits per heavy atom. The molecular weight excluding hydrogens is 256 g/mol. The van der Waals surface area contributed by atoms with Crippen molar-refractivity contribution in [1.29, 1.82) is 5.26 Å². The summed E-state index contributed by atoms with van der Waals surface area (Å²) in [6.45, 7) is 1.95. The predicted molar refractivity (Wildman–Crippen MR) is 68.6 cm³/mol. The van der Waals surface area contributed by atoms with E-state index < -0.39 is 0 Å². The summed E-state index contributed by atoms with van der Waals surface area (Å²) in [6, 6.07) is 3.93. The molecule has 0 aliphatic carbocycles. The van der Waals surface area contributed by atoms with E-state index in [-0.39, 0.29) is 0 Å². The summed E-state index contributed by atoms with van der Waals surface area (Å²) in [6.07, 6.45) is 3.24. The van der Waals surface area contributed by atoms with Crippen molar-refractivity contribution < 1.29 is 0 Å². The minimum Gasteiger partial charge on any atom is -0.316 e. The van der Waals surface area contributed by atoms with Gasteiger partial charge in [-0.15, -0.1) is 11.6 Å². The van der Waals surface area contributed by atoms with Crippen molar-refractivity contribution in [3.63, 3.8) is 0 Å². The molecule has 0 atom stereocenters. The lowest BCUT2D eigenvalue weighted by molar-refractivity contribution is 1.19. The summed E-state index contributed by atoms with van der Waals surface area (Å²) in [7, 11) is 0. The summed E-state index contributed by atoms with van der Waals surface area (Å²) in [4.78, 5) is 8.89. The van der Waals surface area contributed by atoms with E-state index in [1.165, 1.54) is 17.5 Å². The maximum atomic E-state index is 8.71. The SMILES string of the molecule is Cc1c(CCl)ccnc1Nc1ncc(C#N)s1. The first kappa shape index (κ1) is 11.8. The van der Waals surface area contributed by atoms with Crippen molar-refractivity contribution in [2.75, 3.05) is 5.32 Å². The van der Waals surface area contributed by atoms with E-state index >= 15 is 0 Å². The number of pyridine rings is 1. The van der Waals surface area contributed by atoms with Gasteiger partial charge in [-0.05, 0) is 24.1 Å². The number of thiazole rings is 1. The third kappa shape index (κ3) is 2.54. The monoisotopic (exact) mass is 264 g/mol. The second kappa shape index (κ2) is 5.13. The van der Waals surface area contributed by atoms with Crippen LogP contribution in [0.3, 0.4) is 0 Å². The van der Waals surface area contributed by atoms with E-state index in [0.29, 0.717) is 15.9 Å². The lowest BCUT2D eigenvalue weighted by atomic mass is 10.2. The Labute approximate surface area is 108 Å². The number of nitrogens with one attached hydrogen (secondary N) is 1. The van der Waals surface area contributed by atoms with E-state index in [1.807, 2.05) is 19.1 Å². The van der Waals surface area contributed by atoms with Gasteiger partial charge in [-0.1, -0.05) is 11.3 Å². The maximum absolute atomic E-state index is 8.71. The summed E-state index contributed by atoms with van der Waals surface area (Å²) in [5, 5.41) is 12.5. The van der Waals surface area contributed by atoms with Gasteiger partial charge in [0.25, 0.3) is 0 Å². The molecule has 0 fully saturated rings. The Morgan fingerprint density at radius 1 is 1.53 bits per heavy atom. The first-order chi connectivity index (χ1) is 8.24. The Balaban J connectivity index is 2.27. The van der Waals surface area contributed by atoms with E-state index in [1.54, 1.807) is 6.20 Å². The van der Waals surface area contributed by atoms with Gasteiger partial charge in [-0.3, -0.25) is 0 Å². The highest BCUT2D eigenvalue weighted by Crippen LogP contribution is 2.24. The number of nitriles is 1. The average Bonchev–Trinajstić information content (AvgIpc) is 2.79. The van der Waals surface area contributed by atoms with Crippen LogP contribution in [0.2, 0.25) is 0 Å². The fourth-order valence-electron chi connectivity index (χ4n) is 1.33. The molecule has 0 aliphatic rings. The lowest BCUT2D eigenvalue weighted by Gasteiger charge is -2.08. The van der Waals surface area contributed by atoms with E-state index in [4.69, 9.17) is 16.9 Å². The molecule has 2 aromatic heterocycles. The molecule has 0 spiro atoms. The van der Waals surface area contributed by atoms with Crippen LogP contribution in [0.1, 0.15) is 16.0 Å². The molecule has 0 amide bonds. The number of anilines is 2. The molecule has 86 valence electrons. The molecule has 0 radical (unpaired) electrons. The molecule has 0 bridgehead atoms. The number of hydrogen-bond donors (Lipinski definition) is 1. The van der Waals surface area contributed by atoms with Gasteiger partial charge >= 0.3 is 0 Å². The van der Waals surface area contributed by atoms with E-state index in [2.05, 4.69) is 15.3 Å². The van der Waals surface area contributed by atoms with Gasteiger partial charge in [-0.25, -0.2) is 9.97 Å². The molecule has 0 saturated heterocycles. The zero-order valence-electron chi connectivity index (χ0n) is 9.07. The highest BCUT2D eigenvalue weighted by atomic mass is 35.5. The third-order valence-electron chi connectivity index (χ3n) is 2.30. The maximum Gasteiger partial charge on any atom is 0.189 e. The van der Waals surface area contributed by atoms with E-state index in [9.17, 15) is 0 Å². The summed E-state index contributed by atoms with van der Waals surface area (Å²) in [5.41, 5.74) is 2.03. The van der Waals surface area contributed by atoms with Crippen LogP contribution in [0.25, 0.3) is 0 Å². The standard InChI is InChI=1S/C11H9ClN4S/c1-7-8(4-12)2-3-14-10(7)16-11-15-6-9(5-13)17-11/h2-3,6H,4H2,1H3,(H,14,15,16). The lowest BCUT2D eigenvalue weighted by Crippen LogP contribution is -1.98. The highest BCUT2D eigenvalue weighted by Gasteiger charge is 2.07. The smallest absolute Gasteiger partial charge is 0.189 e. The summed E-state index contributed by atoms with van der Waals surface area (Å²) >= 11 is 7.12. The topological polar surface area (TPSA) is 61.6 Å². The minimum atomic E-state index is 0.449. The van der Waals surface area contributed by atoms with Crippen molar-refractivity contribution in [1.82, 2.24) is 9.97 Å². The number of aromatic nitrogens is 2. The van der Waals surface area contributed by atoms with Crippen molar-refractivity contribution >= 4 is 33.9 Å². The summed E-state index contributed by atoms with van der Waals surface area (Å²) < 4.78 is 0. The number of halogens is 1. The fourth-order valence-corrected chi connectivity index (χ4v) is 2.23. The van der Waals surface area contributed by atoms with Gasteiger partial charge in [-0.2, -0.15) is 5.26 Å². The Hall–Kier alpha value is -1.64. The zero-order valence-corrected chi connectivity index (χ0v) is 10.6. The normalized spacial score (nSPS) is 9.94. The molecule has 2 rings (SSSR count). The number of hydrogen-bond acceptors (Lipinski definition) is 5. The highest BCUT2D eigenvalue weighted by molar-refractivity contribution is 7.16. The summed E-state index contributed by atoms with van der Waals surface area (Å²) in [5.74, 6) is 1.17. The number of alkyl halides is 1. The second-order valence-electron chi connectivity index (χ2n) is 3.34. The molecule has 0 unspecified atom stereocenters. The Morgan fingerprint density at radius 2 is 2.35 bits per heavy atom. The Bertz CT molecular complexity index is 573. The van der Waals surface area contributed by atoms with Crippen LogP contribution in [0, 0.1) is 18.3 Å². The van der Waals surface area contributed by atoms with Crippen LogP contribution in [0.5, 0.6) is 0 Å². The average molecular weight is 265 g/mol. The second-order valence-corrected chi connectivity index (χ2v) is 4.64. The number of nitrogens with zero attached hydrogens (tertiary/aromatic N) is 3. The van der Waals surface area contributed by atoms with Crippen molar-refractivity contribution in [2.45, 2.75) is 12.8 Å². The van der Waals surface area contributed by atoms with Crippen LogP contribution < -0.4 is 5.32 Å². The molecule has 0 aliphatic heterocycles.